The van der Waals surface area contributed by atoms with E-state index in [1.165, 1.54) is 135 Å². The Bertz CT molecular complexity index is 1430. The lowest BCUT2D eigenvalue weighted by atomic mass is 10.0. The van der Waals surface area contributed by atoms with Crippen LogP contribution in [0.3, 0.4) is 0 Å². The third-order valence-corrected chi connectivity index (χ3v) is 13.5. The number of quaternary nitrogens is 1. The van der Waals surface area contributed by atoms with Gasteiger partial charge in [-0.05, 0) is 83.5 Å². The van der Waals surface area contributed by atoms with Crippen molar-refractivity contribution in [2.75, 3.05) is 47.5 Å². The Morgan fingerprint density at radius 3 is 1.21 bits per heavy atom. The zero-order valence-electron chi connectivity index (χ0n) is 46.7. The molecule has 0 rings (SSSR count). The van der Waals surface area contributed by atoms with E-state index in [2.05, 4.69) is 86.8 Å². The summed E-state index contributed by atoms with van der Waals surface area (Å²) in [6.45, 7) is 4.29. The number of hydrogen-bond donors (Lipinski definition) is 1. The molecule has 10 heteroatoms. The highest BCUT2D eigenvalue weighted by atomic mass is 31.2. The average Bonchev–Trinajstić information content (AvgIpc) is 3.33. The summed E-state index contributed by atoms with van der Waals surface area (Å²) in [5, 5.41) is 0. The molecule has 0 aliphatic heterocycles. The van der Waals surface area contributed by atoms with Crippen LogP contribution < -0.4 is 0 Å². The fourth-order valence-electron chi connectivity index (χ4n) is 7.98. The topological polar surface area (TPSA) is 108 Å². The first-order valence-electron chi connectivity index (χ1n) is 29.2. The lowest BCUT2D eigenvalue weighted by molar-refractivity contribution is -0.870. The van der Waals surface area contributed by atoms with Crippen LogP contribution in [-0.4, -0.2) is 74.9 Å². The van der Waals surface area contributed by atoms with E-state index < -0.39 is 26.5 Å². The van der Waals surface area contributed by atoms with Crippen LogP contribution >= 0.6 is 7.82 Å². The van der Waals surface area contributed by atoms with E-state index in [-0.39, 0.29) is 32.0 Å². The highest BCUT2D eigenvalue weighted by molar-refractivity contribution is 7.47. The van der Waals surface area contributed by atoms with Crippen LogP contribution in [0.5, 0.6) is 0 Å². The van der Waals surface area contributed by atoms with Crippen LogP contribution in [0.1, 0.15) is 251 Å². The van der Waals surface area contributed by atoms with E-state index in [1.54, 1.807) is 0 Å². The fraction of sp³-hybridized carbons (Fsp3) is 0.770. The number of likely N-dealkylation sites (N-methyl/N-ethyl adjacent to an activating group) is 1. The minimum Gasteiger partial charge on any atom is -0.462 e. The molecule has 0 aliphatic carbocycles. The predicted molar refractivity (Wildman–Crippen MR) is 302 cm³/mol. The third-order valence-electron chi connectivity index (χ3n) is 12.5. The van der Waals surface area contributed by atoms with E-state index in [0.29, 0.717) is 17.4 Å². The Labute approximate surface area is 438 Å². The van der Waals surface area contributed by atoms with Gasteiger partial charge >= 0.3 is 19.8 Å². The first-order chi connectivity index (χ1) is 34.5. The molecule has 71 heavy (non-hydrogen) atoms. The summed E-state index contributed by atoms with van der Waals surface area (Å²) < 4.78 is 34.5. The molecule has 0 saturated heterocycles. The maximum atomic E-state index is 12.8. The summed E-state index contributed by atoms with van der Waals surface area (Å²) in [4.78, 5) is 35.6. The lowest BCUT2D eigenvalue weighted by Crippen LogP contribution is -2.37. The molecule has 2 unspecified atom stereocenters. The van der Waals surface area contributed by atoms with Crippen LogP contribution in [0, 0.1) is 0 Å². The van der Waals surface area contributed by atoms with Gasteiger partial charge in [-0.1, -0.05) is 228 Å². The predicted octanol–water partition coefficient (Wildman–Crippen LogP) is 18.1. The normalized spacial score (nSPS) is 13.8. The number of phosphoric acid groups is 1. The number of esters is 2. The number of unbranched alkanes of at least 4 members (excludes halogenated alkanes) is 27. The van der Waals surface area contributed by atoms with Crippen molar-refractivity contribution in [3.8, 4) is 0 Å². The van der Waals surface area contributed by atoms with Gasteiger partial charge in [-0.3, -0.25) is 18.6 Å². The molecule has 412 valence electrons. The second kappa shape index (κ2) is 52.3. The number of nitrogens with zero attached hydrogens (tertiary/aromatic N) is 1. The molecule has 0 radical (unpaired) electrons. The highest BCUT2D eigenvalue weighted by Gasteiger charge is 2.27. The van der Waals surface area contributed by atoms with Gasteiger partial charge in [-0.2, -0.15) is 0 Å². The smallest absolute Gasteiger partial charge is 0.462 e. The Balaban J connectivity index is 3.98. The van der Waals surface area contributed by atoms with Crippen molar-refractivity contribution in [2.45, 2.75) is 258 Å². The van der Waals surface area contributed by atoms with Gasteiger partial charge in [-0.25, -0.2) is 4.57 Å². The molecule has 0 spiro atoms. The maximum Gasteiger partial charge on any atom is 0.472 e. The van der Waals surface area contributed by atoms with Crippen molar-refractivity contribution in [1.82, 2.24) is 0 Å². The van der Waals surface area contributed by atoms with Crippen LogP contribution in [-0.2, 0) is 32.7 Å². The molecule has 0 bridgehead atoms. The molecule has 0 aromatic heterocycles. The van der Waals surface area contributed by atoms with E-state index in [1.807, 2.05) is 21.1 Å². The number of carbonyl (C=O) groups is 2. The number of ether oxygens (including phenoxy) is 2. The molecule has 0 aromatic carbocycles. The van der Waals surface area contributed by atoms with Crippen LogP contribution in [0.25, 0.3) is 0 Å². The number of carbonyl (C=O) groups excluding carboxylic acids is 2. The van der Waals surface area contributed by atoms with Crippen molar-refractivity contribution in [1.29, 1.82) is 0 Å². The molecule has 1 N–H and O–H groups in total. The minimum atomic E-state index is -4.38. The van der Waals surface area contributed by atoms with Crippen molar-refractivity contribution < 1.29 is 42.1 Å². The summed E-state index contributed by atoms with van der Waals surface area (Å²) >= 11 is 0. The van der Waals surface area contributed by atoms with E-state index in [0.717, 1.165) is 83.5 Å². The molecule has 0 aliphatic rings. The standard InChI is InChI=1S/C61H110NO8P/c1-6-8-10-12-14-16-18-20-21-22-23-24-25-26-27-28-29-30-31-32-33-34-35-36-37-38-39-40-41-42-44-46-48-50-52-54-61(64)70-59(58-69-71(65,66)68-56-55-62(3,4)5)57-67-60(63)53-51-49-47-45-43-19-17-15-13-11-9-7-2/h8,10,14-17,20-21,23-24,26-27,59H,6-7,9,11-13,18-19,22,25,28-58H2,1-5H3/p+1/b10-8-,16-14-,17-15-,21-20-,24-23-,27-26-. The van der Waals surface area contributed by atoms with E-state index >= 15 is 0 Å². The average molecular weight is 1020 g/mol. The van der Waals surface area contributed by atoms with Crippen LogP contribution in [0.2, 0.25) is 0 Å². The summed E-state index contributed by atoms with van der Waals surface area (Å²) in [6, 6.07) is 0. The Hall–Kier alpha value is -2.55. The molecule has 0 fully saturated rings. The largest absolute Gasteiger partial charge is 0.472 e. The van der Waals surface area contributed by atoms with Gasteiger partial charge in [0, 0.05) is 12.8 Å². The second-order valence-corrected chi connectivity index (χ2v) is 22.1. The summed E-state index contributed by atoms with van der Waals surface area (Å²) in [7, 11) is 1.48. The maximum absolute atomic E-state index is 12.8. The molecular formula is C61H111NO8P+. The van der Waals surface area contributed by atoms with Crippen molar-refractivity contribution in [3.63, 3.8) is 0 Å². The number of hydrogen-bond acceptors (Lipinski definition) is 7. The summed E-state index contributed by atoms with van der Waals surface area (Å²) in [5.41, 5.74) is 0. The monoisotopic (exact) mass is 1020 g/mol. The zero-order valence-corrected chi connectivity index (χ0v) is 47.6. The summed E-state index contributed by atoms with van der Waals surface area (Å²) in [6.07, 6.45) is 68.5. The van der Waals surface area contributed by atoms with E-state index in [9.17, 15) is 19.0 Å². The number of rotatable bonds is 53. The third kappa shape index (κ3) is 56.6. The number of allylic oxidation sites excluding steroid dienone is 12. The zero-order chi connectivity index (χ0) is 52.0. The first-order valence-corrected chi connectivity index (χ1v) is 30.7. The van der Waals surface area contributed by atoms with Crippen LogP contribution in [0.15, 0.2) is 72.9 Å². The fourth-order valence-corrected chi connectivity index (χ4v) is 8.72. The Morgan fingerprint density at radius 1 is 0.451 bits per heavy atom. The first kappa shape index (κ1) is 68.5. The van der Waals surface area contributed by atoms with Gasteiger partial charge in [0.1, 0.15) is 19.8 Å². The lowest BCUT2D eigenvalue weighted by Gasteiger charge is -2.24. The van der Waals surface area contributed by atoms with Gasteiger partial charge in [0.15, 0.2) is 6.10 Å². The summed E-state index contributed by atoms with van der Waals surface area (Å²) in [5.74, 6) is -0.803. The van der Waals surface area contributed by atoms with Crippen LogP contribution in [0.4, 0.5) is 0 Å². The van der Waals surface area contributed by atoms with Gasteiger partial charge < -0.3 is 18.9 Å². The molecule has 0 amide bonds. The molecule has 2 atom stereocenters. The van der Waals surface area contributed by atoms with Gasteiger partial charge in [0.05, 0.1) is 27.7 Å². The second-order valence-electron chi connectivity index (χ2n) is 20.6. The molecule has 0 aromatic rings. The molecule has 0 saturated carbocycles. The van der Waals surface area contributed by atoms with Crippen molar-refractivity contribution in [2.24, 2.45) is 0 Å². The van der Waals surface area contributed by atoms with Crippen molar-refractivity contribution >= 4 is 19.8 Å². The van der Waals surface area contributed by atoms with E-state index in [4.69, 9.17) is 18.5 Å². The molecular weight excluding hydrogens is 906 g/mol. The van der Waals surface area contributed by atoms with Gasteiger partial charge in [-0.15, -0.1) is 0 Å². The van der Waals surface area contributed by atoms with Gasteiger partial charge in [0.2, 0.25) is 0 Å². The Morgan fingerprint density at radius 2 is 0.803 bits per heavy atom. The van der Waals surface area contributed by atoms with Crippen molar-refractivity contribution in [3.05, 3.63) is 72.9 Å². The molecule has 9 nitrogen and oxygen atoms in total. The molecule has 0 heterocycles. The van der Waals surface area contributed by atoms with Gasteiger partial charge in [0.25, 0.3) is 0 Å². The highest BCUT2D eigenvalue weighted by Crippen LogP contribution is 2.43. The number of phosphoric ester groups is 1. The minimum absolute atomic E-state index is 0.0300. The SMILES string of the molecule is CC/C=C\C/C=C\C/C=C\C/C=C\C/C=C\CCCCCCCCCCCCCCCCCCCCCC(=O)OC(COC(=O)CCCCCCC/C=C\CCCCC)COP(=O)(O)OCC[N+](C)(C)C. The Kier molecular flexibility index (Phi) is 50.4. The quantitative estimate of drug-likeness (QED) is 0.0211.